The zero-order valence-electron chi connectivity index (χ0n) is 9.93. The maximum Gasteiger partial charge on any atom is 0.147 e. The highest BCUT2D eigenvalue weighted by molar-refractivity contribution is 7.90. The number of sulfone groups is 1. The van der Waals surface area contributed by atoms with E-state index in [-0.39, 0.29) is 11.8 Å². The summed E-state index contributed by atoms with van der Waals surface area (Å²) in [4.78, 5) is 4.49. The van der Waals surface area contributed by atoms with E-state index >= 15 is 0 Å². The lowest BCUT2D eigenvalue weighted by molar-refractivity contribution is 0.590. The minimum absolute atomic E-state index is 0.129. The van der Waals surface area contributed by atoms with E-state index in [9.17, 15) is 8.42 Å². The summed E-state index contributed by atoms with van der Waals surface area (Å²) in [5, 5.41) is 3.10. The Morgan fingerprint density at radius 1 is 1.59 bits per heavy atom. The molecule has 0 aliphatic heterocycles. The first-order chi connectivity index (χ1) is 7.94. The highest BCUT2D eigenvalue weighted by atomic mass is 32.2. The molecule has 0 aromatic carbocycles. The van der Waals surface area contributed by atoms with E-state index in [1.165, 1.54) is 19.1 Å². The van der Waals surface area contributed by atoms with Crippen LogP contribution in [0.5, 0.6) is 0 Å². The molecule has 0 amide bonds. The molecule has 2 rings (SSSR count). The van der Waals surface area contributed by atoms with Gasteiger partial charge in [0.1, 0.15) is 9.84 Å². The molecule has 0 saturated heterocycles. The predicted molar refractivity (Wildman–Crippen MR) is 69.8 cm³/mol. The summed E-state index contributed by atoms with van der Waals surface area (Å²) < 4.78 is 22.1. The topological polar surface area (TPSA) is 73.0 Å². The molecule has 96 valence electrons. The lowest BCUT2D eigenvalue weighted by atomic mass is 10.2. The fraction of sp³-hybridized carbons (Fsp3) is 0.727. The number of rotatable bonds is 6. The molecule has 0 spiro atoms. The molecule has 17 heavy (non-hydrogen) atoms. The summed E-state index contributed by atoms with van der Waals surface area (Å²) >= 11 is 1.64. The fourth-order valence-corrected chi connectivity index (χ4v) is 3.30. The van der Waals surface area contributed by atoms with E-state index < -0.39 is 9.84 Å². The van der Waals surface area contributed by atoms with Gasteiger partial charge in [0.25, 0.3) is 0 Å². The van der Waals surface area contributed by atoms with Crippen molar-refractivity contribution in [3.05, 3.63) is 16.1 Å². The Hall–Kier alpha value is -0.460. The van der Waals surface area contributed by atoms with Crippen molar-refractivity contribution in [1.29, 1.82) is 0 Å². The quantitative estimate of drug-likeness (QED) is 0.854. The van der Waals surface area contributed by atoms with Crippen LogP contribution in [-0.2, 0) is 16.3 Å². The largest absolute Gasteiger partial charge is 0.323 e. The zero-order valence-corrected chi connectivity index (χ0v) is 11.6. The monoisotopic (exact) mass is 274 g/mol. The molecule has 4 nitrogen and oxygen atoms in total. The van der Waals surface area contributed by atoms with Gasteiger partial charge in [-0.2, -0.15) is 0 Å². The second-order valence-electron chi connectivity index (χ2n) is 4.84. The molecular formula is C11H18N2O2S2. The second-order valence-corrected chi connectivity index (χ2v) is 8.04. The minimum Gasteiger partial charge on any atom is -0.323 e. The number of hydrogen-bond acceptors (Lipinski definition) is 5. The Labute approximate surface area is 106 Å². The van der Waals surface area contributed by atoms with E-state index in [0.717, 1.165) is 23.0 Å². The van der Waals surface area contributed by atoms with Crippen LogP contribution in [0.4, 0.5) is 0 Å². The molecule has 1 aliphatic rings. The van der Waals surface area contributed by atoms with Gasteiger partial charge in [0, 0.05) is 24.1 Å². The average molecular weight is 274 g/mol. The molecule has 1 aromatic heterocycles. The molecule has 0 radical (unpaired) electrons. The van der Waals surface area contributed by atoms with E-state index in [2.05, 4.69) is 4.98 Å². The molecule has 0 bridgehead atoms. The molecule has 1 fully saturated rings. The van der Waals surface area contributed by atoms with Gasteiger partial charge >= 0.3 is 0 Å². The van der Waals surface area contributed by atoms with Crippen LogP contribution in [0, 0.1) is 5.92 Å². The van der Waals surface area contributed by atoms with Crippen molar-refractivity contribution >= 4 is 21.2 Å². The van der Waals surface area contributed by atoms with Gasteiger partial charge in [-0.1, -0.05) is 0 Å². The first kappa shape index (κ1) is 13.0. The third-order valence-electron chi connectivity index (χ3n) is 2.91. The molecule has 1 saturated carbocycles. The van der Waals surface area contributed by atoms with Crippen LogP contribution < -0.4 is 5.73 Å². The molecule has 2 N–H and O–H groups in total. The van der Waals surface area contributed by atoms with E-state index in [1.54, 1.807) is 11.3 Å². The van der Waals surface area contributed by atoms with Crippen LogP contribution in [0.3, 0.4) is 0 Å². The molecule has 1 aromatic rings. The Balaban J connectivity index is 1.89. The van der Waals surface area contributed by atoms with Crippen molar-refractivity contribution in [2.24, 2.45) is 11.7 Å². The van der Waals surface area contributed by atoms with E-state index in [1.807, 2.05) is 5.38 Å². The van der Waals surface area contributed by atoms with Crippen LogP contribution in [-0.4, -0.2) is 25.4 Å². The Bertz CT molecular complexity index is 477. The van der Waals surface area contributed by atoms with Crippen LogP contribution in [0.15, 0.2) is 5.38 Å². The van der Waals surface area contributed by atoms with Gasteiger partial charge in [-0.25, -0.2) is 13.4 Å². The summed E-state index contributed by atoms with van der Waals surface area (Å²) in [6, 6.07) is -0.256. The first-order valence-corrected chi connectivity index (χ1v) is 8.75. The number of thiazole rings is 1. The van der Waals surface area contributed by atoms with E-state index in [0.29, 0.717) is 6.42 Å². The van der Waals surface area contributed by atoms with Crippen molar-refractivity contribution in [2.45, 2.75) is 31.7 Å². The standard InChI is InChI=1S/C11H18N2O2S2/c1-17(14,15)5-4-9(12)10-7-16-11(13-10)6-8-2-3-8/h7-9H,2-6,12H2,1H3. The maximum atomic E-state index is 11.1. The molecule has 6 heteroatoms. The lowest BCUT2D eigenvalue weighted by Gasteiger charge is -2.07. The maximum absolute atomic E-state index is 11.1. The normalized spacial score (nSPS) is 18.2. The molecule has 1 aliphatic carbocycles. The van der Waals surface area contributed by atoms with Crippen molar-refractivity contribution < 1.29 is 8.42 Å². The highest BCUT2D eigenvalue weighted by Crippen LogP contribution is 2.33. The number of aromatic nitrogens is 1. The summed E-state index contributed by atoms with van der Waals surface area (Å²) in [5.74, 6) is 0.949. The molecule has 1 heterocycles. The van der Waals surface area contributed by atoms with Crippen LogP contribution in [0.1, 0.15) is 36.0 Å². The van der Waals surface area contributed by atoms with Gasteiger partial charge in [-0.05, 0) is 25.2 Å². The van der Waals surface area contributed by atoms with Crippen molar-refractivity contribution in [3.8, 4) is 0 Å². The van der Waals surface area contributed by atoms with Crippen LogP contribution >= 0.6 is 11.3 Å². The third-order valence-corrected chi connectivity index (χ3v) is 4.78. The van der Waals surface area contributed by atoms with Gasteiger partial charge in [0.2, 0.25) is 0 Å². The Morgan fingerprint density at radius 2 is 2.29 bits per heavy atom. The van der Waals surface area contributed by atoms with Crippen LogP contribution in [0.25, 0.3) is 0 Å². The number of nitrogens with zero attached hydrogens (tertiary/aromatic N) is 1. The predicted octanol–water partition coefficient (Wildman–Crippen LogP) is 1.53. The fourth-order valence-electron chi connectivity index (χ4n) is 1.65. The summed E-state index contributed by atoms with van der Waals surface area (Å²) in [7, 11) is -2.93. The number of nitrogens with two attached hydrogens (primary N) is 1. The molecule has 1 unspecified atom stereocenters. The van der Waals surface area contributed by atoms with E-state index in [4.69, 9.17) is 5.73 Å². The lowest BCUT2D eigenvalue weighted by Crippen LogP contribution is -2.16. The van der Waals surface area contributed by atoms with Crippen molar-refractivity contribution in [3.63, 3.8) is 0 Å². The van der Waals surface area contributed by atoms with Crippen LogP contribution in [0.2, 0.25) is 0 Å². The summed E-state index contributed by atoms with van der Waals surface area (Å²) in [6.45, 7) is 0. The van der Waals surface area contributed by atoms with Crippen molar-refractivity contribution in [1.82, 2.24) is 4.98 Å². The Morgan fingerprint density at radius 3 is 2.88 bits per heavy atom. The van der Waals surface area contributed by atoms with Gasteiger partial charge in [-0.3, -0.25) is 0 Å². The average Bonchev–Trinajstić information content (AvgIpc) is 2.90. The van der Waals surface area contributed by atoms with Crippen molar-refractivity contribution in [2.75, 3.05) is 12.0 Å². The zero-order chi connectivity index (χ0) is 12.5. The van der Waals surface area contributed by atoms with Gasteiger partial charge in [0.05, 0.1) is 16.5 Å². The van der Waals surface area contributed by atoms with Gasteiger partial charge in [0.15, 0.2) is 0 Å². The molecular weight excluding hydrogens is 256 g/mol. The summed E-state index contributed by atoms with van der Waals surface area (Å²) in [5.41, 5.74) is 6.78. The van der Waals surface area contributed by atoms with Gasteiger partial charge < -0.3 is 5.73 Å². The third kappa shape index (κ3) is 4.37. The Kier molecular flexibility index (Phi) is 3.85. The minimum atomic E-state index is -2.93. The smallest absolute Gasteiger partial charge is 0.147 e. The second kappa shape index (κ2) is 5.04. The SMILES string of the molecule is CS(=O)(=O)CCC(N)c1csc(CC2CC2)n1. The summed E-state index contributed by atoms with van der Waals surface area (Å²) in [6.07, 6.45) is 5.37. The number of hydrogen-bond donors (Lipinski definition) is 1. The first-order valence-electron chi connectivity index (χ1n) is 5.81. The van der Waals surface area contributed by atoms with Gasteiger partial charge in [-0.15, -0.1) is 11.3 Å². The highest BCUT2D eigenvalue weighted by Gasteiger charge is 2.23. The molecule has 1 atom stereocenters.